The van der Waals surface area contributed by atoms with Crippen molar-refractivity contribution in [2.24, 2.45) is 10.9 Å². The van der Waals surface area contributed by atoms with Gasteiger partial charge in [-0.05, 0) is 36.5 Å². The van der Waals surface area contributed by atoms with Gasteiger partial charge in [-0.25, -0.2) is 0 Å². The van der Waals surface area contributed by atoms with Gasteiger partial charge in [0.2, 0.25) is 0 Å². The summed E-state index contributed by atoms with van der Waals surface area (Å²) in [6.07, 6.45) is 2.84. The van der Waals surface area contributed by atoms with Crippen LogP contribution in [0.25, 0.3) is 11.5 Å². The van der Waals surface area contributed by atoms with Crippen LogP contribution in [0.3, 0.4) is 0 Å². The van der Waals surface area contributed by atoms with Crippen molar-refractivity contribution in [1.29, 1.82) is 0 Å². The summed E-state index contributed by atoms with van der Waals surface area (Å²) < 4.78 is 10.8. The van der Waals surface area contributed by atoms with Gasteiger partial charge >= 0.3 is 0 Å². The number of hydrogen-bond donors (Lipinski definition) is 2. The molecular weight excluding hydrogens is 531 g/mol. The highest BCUT2D eigenvalue weighted by molar-refractivity contribution is 14.0. The minimum absolute atomic E-state index is 0. The Morgan fingerprint density at radius 2 is 1.88 bits per heavy atom. The average Bonchev–Trinajstić information content (AvgIpc) is 3.30. The second-order valence-electron chi connectivity index (χ2n) is 8.63. The van der Waals surface area contributed by atoms with E-state index in [1.165, 1.54) is 5.56 Å². The third-order valence-corrected chi connectivity index (χ3v) is 5.73. The zero-order valence-corrected chi connectivity index (χ0v) is 22.7. The number of benzene rings is 1. The van der Waals surface area contributed by atoms with Crippen LogP contribution in [0.4, 0.5) is 0 Å². The Hall–Kier alpha value is -1.72. The summed E-state index contributed by atoms with van der Waals surface area (Å²) in [5.41, 5.74) is 2.20. The van der Waals surface area contributed by atoms with Gasteiger partial charge in [0.25, 0.3) is 5.89 Å². The fourth-order valence-electron chi connectivity index (χ4n) is 3.94. The first-order valence-corrected chi connectivity index (χ1v) is 11.8. The van der Waals surface area contributed by atoms with E-state index >= 15 is 0 Å². The van der Waals surface area contributed by atoms with Crippen LogP contribution in [0.1, 0.15) is 38.6 Å². The maximum atomic E-state index is 5.53. The van der Waals surface area contributed by atoms with Crippen LogP contribution in [0.2, 0.25) is 0 Å². The Labute approximate surface area is 215 Å². The fourth-order valence-corrected chi connectivity index (χ4v) is 3.94. The number of rotatable bonds is 10. The van der Waals surface area contributed by atoms with E-state index in [1.807, 2.05) is 26.1 Å². The van der Waals surface area contributed by atoms with Gasteiger partial charge in [-0.1, -0.05) is 38.1 Å². The van der Waals surface area contributed by atoms with Crippen molar-refractivity contribution in [3.8, 4) is 11.5 Å². The zero-order valence-electron chi connectivity index (χ0n) is 20.3. The standard InChI is InChI=1S/C24H38N6O2.HI/c1-5-22-28-23(32-29-22)20-8-6-19(7-9-20)10-11-26-24(25-4)27-17-21(16-18(2)3)30-12-14-31-15-13-30;/h6-9,18,21H,5,10-17H2,1-4H3,(H2,25,26,27);1H. The molecule has 2 N–H and O–H groups in total. The summed E-state index contributed by atoms with van der Waals surface area (Å²) in [4.78, 5) is 11.3. The lowest BCUT2D eigenvalue weighted by atomic mass is 10.0. The number of nitrogens with one attached hydrogen (secondary N) is 2. The smallest absolute Gasteiger partial charge is 0.257 e. The van der Waals surface area contributed by atoms with Gasteiger partial charge in [0, 0.05) is 51.3 Å². The molecule has 184 valence electrons. The molecule has 2 heterocycles. The second kappa shape index (κ2) is 14.5. The third kappa shape index (κ3) is 8.86. The number of guanidine groups is 1. The molecule has 0 saturated carbocycles. The van der Waals surface area contributed by atoms with E-state index in [9.17, 15) is 0 Å². The maximum Gasteiger partial charge on any atom is 0.257 e. The Morgan fingerprint density at radius 1 is 1.15 bits per heavy atom. The molecule has 1 aromatic carbocycles. The minimum atomic E-state index is 0. The molecule has 1 unspecified atom stereocenters. The Kier molecular flexibility index (Phi) is 12.1. The number of halogens is 1. The zero-order chi connectivity index (χ0) is 22.8. The first kappa shape index (κ1) is 27.5. The molecule has 1 saturated heterocycles. The summed E-state index contributed by atoms with van der Waals surface area (Å²) in [7, 11) is 1.82. The number of nitrogens with zero attached hydrogens (tertiary/aromatic N) is 4. The molecular formula is C24H39IN6O2. The van der Waals surface area contributed by atoms with Crippen LogP contribution in [-0.2, 0) is 17.6 Å². The predicted octanol–water partition coefficient (Wildman–Crippen LogP) is 3.37. The van der Waals surface area contributed by atoms with Crippen LogP contribution >= 0.6 is 24.0 Å². The van der Waals surface area contributed by atoms with Gasteiger partial charge in [0.15, 0.2) is 11.8 Å². The molecule has 0 amide bonds. The Morgan fingerprint density at radius 3 is 2.48 bits per heavy atom. The molecule has 1 aliphatic rings. The van der Waals surface area contributed by atoms with Crippen LogP contribution in [0.15, 0.2) is 33.8 Å². The number of morpholine rings is 1. The fraction of sp³-hybridized carbons (Fsp3) is 0.625. The molecule has 0 spiro atoms. The van der Waals surface area contributed by atoms with Crippen LogP contribution in [0.5, 0.6) is 0 Å². The lowest BCUT2D eigenvalue weighted by molar-refractivity contribution is 0.0132. The molecule has 1 atom stereocenters. The first-order chi connectivity index (χ1) is 15.6. The molecule has 1 aliphatic heterocycles. The van der Waals surface area contributed by atoms with E-state index in [-0.39, 0.29) is 24.0 Å². The molecule has 33 heavy (non-hydrogen) atoms. The van der Waals surface area contributed by atoms with Crippen molar-refractivity contribution in [2.75, 3.05) is 46.4 Å². The van der Waals surface area contributed by atoms with Crippen molar-refractivity contribution in [2.45, 2.75) is 46.1 Å². The Bertz CT molecular complexity index is 834. The number of aromatic nitrogens is 2. The lowest BCUT2D eigenvalue weighted by Gasteiger charge is -2.35. The van der Waals surface area contributed by atoms with E-state index < -0.39 is 0 Å². The predicted molar refractivity (Wildman–Crippen MR) is 143 cm³/mol. The molecule has 1 fully saturated rings. The SMILES string of the molecule is CCc1noc(-c2ccc(CCNC(=NC)NCC(CC(C)C)N3CCOCC3)cc2)n1.I. The first-order valence-electron chi connectivity index (χ1n) is 11.8. The molecule has 8 nitrogen and oxygen atoms in total. The van der Waals surface area contributed by atoms with E-state index in [4.69, 9.17) is 9.26 Å². The van der Waals surface area contributed by atoms with Gasteiger partial charge in [0.1, 0.15) is 0 Å². The van der Waals surface area contributed by atoms with E-state index in [0.717, 1.165) is 76.0 Å². The molecule has 1 aromatic heterocycles. The van der Waals surface area contributed by atoms with Crippen LogP contribution in [0, 0.1) is 5.92 Å². The molecule has 9 heteroatoms. The van der Waals surface area contributed by atoms with Crippen molar-refractivity contribution in [3.63, 3.8) is 0 Å². The number of ether oxygens (including phenoxy) is 1. The second-order valence-corrected chi connectivity index (χ2v) is 8.63. The maximum absolute atomic E-state index is 5.53. The summed E-state index contributed by atoms with van der Waals surface area (Å²) in [6, 6.07) is 8.78. The van der Waals surface area contributed by atoms with Gasteiger partial charge < -0.3 is 19.9 Å². The third-order valence-electron chi connectivity index (χ3n) is 5.73. The molecule has 0 radical (unpaired) electrons. The van der Waals surface area contributed by atoms with Crippen molar-refractivity contribution >= 4 is 29.9 Å². The topological polar surface area (TPSA) is 87.8 Å². The summed E-state index contributed by atoms with van der Waals surface area (Å²) in [6.45, 7) is 11.9. The largest absolute Gasteiger partial charge is 0.379 e. The Balaban J connectivity index is 0.00000385. The van der Waals surface area contributed by atoms with Gasteiger partial charge in [-0.15, -0.1) is 24.0 Å². The van der Waals surface area contributed by atoms with Crippen LogP contribution < -0.4 is 10.6 Å². The molecule has 0 bridgehead atoms. The lowest BCUT2D eigenvalue weighted by Crippen LogP contribution is -2.51. The van der Waals surface area contributed by atoms with E-state index in [2.05, 4.69) is 56.6 Å². The van der Waals surface area contributed by atoms with Gasteiger partial charge in [0.05, 0.1) is 13.2 Å². The normalized spacial score (nSPS) is 15.8. The van der Waals surface area contributed by atoms with Crippen molar-refractivity contribution in [3.05, 3.63) is 35.7 Å². The van der Waals surface area contributed by atoms with Crippen LogP contribution in [-0.4, -0.2) is 73.5 Å². The van der Waals surface area contributed by atoms with Gasteiger partial charge in [-0.3, -0.25) is 9.89 Å². The van der Waals surface area contributed by atoms with Crippen molar-refractivity contribution in [1.82, 2.24) is 25.7 Å². The highest BCUT2D eigenvalue weighted by Crippen LogP contribution is 2.18. The highest BCUT2D eigenvalue weighted by Gasteiger charge is 2.22. The summed E-state index contributed by atoms with van der Waals surface area (Å²) >= 11 is 0. The van der Waals surface area contributed by atoms with E-state index in [0.29, 0.717) is 17.9 Å². The van der Waals surface area contributed by atoms with E-state index in [1.54, 1.807) is 0 Å². The van der Waals surface area contributed by atoms with Crippen molar-refractivity contribution < 1.29 is 9.26 Å². The number of aryl methyl sites for hydroxylation is 1. The highest BCUT2D eigenvalue weighted by atomic mass is 127. The summed E-state index contributed by atoms with van der Waals surface area (Å²) in [5.74, 6) is 2.81. The monoisotopic (exact) mass is 570 g/mol. The molecule has 2 aromatic rings. The molecule has 3 rings (SSSR count). The minimum Gasteiger partial charge on any atom is -0.379 e. The average molecular weight is 571 g/mol. The summed E-state index contributed by atoms with van der Waals surface area (Å²) in [5, 5.41) is 10.9. The molecule has 0 aliphatic carbocycles. The quantitative estimate of drug-likeness (QED) is 0.257. The number of hydrogen-bond acceptors (Lipinski definition) is 6. The number of aliphatic imine (C=N–C) groups is 1. The van der Waals surface area contributed by atoms with Gasteiger partial charge in [-0.2, -0.15) is 4.98 Å².